The van der Waals surface area contributed by atoms with Gasteiger partial charge in [0.05, 0.1) is 0 Å². The van der Waals surface area contributed by atoms with Gasteiger partial charge in [0.1, 0.15) is 0 Å². The van der Waals surface area contributed by atoms with Crippen LogP contribution < -0.4 is 5.46 Å². The number of rotatable bonds is 1. The molecule has 0 aliphatic carbocycles. The number of nitrogens with zero attached hydrogens (tertiary/aromatic N) is 1. The molecule has 1 aromatic rings. The van der Waals surface area contributed by atoms with Crippen molar-refractivity contribution in [1.29, 1.82) is 0 Å². The summed E-state index contributed by atoms with van der Waals surface area (Å²) in [5.41, 5.74) is 0.875. The van der Waals surface area contributed by atoms with Gasteiger partial charge in [-0.15, -0.1) is 0 Å². The van der Waals surface area contributed by atoms with Crippen LogP contribution in [0.3, 0.4) is 0 Å². The van der Waals surface area contributed by atoms with E-state index in [-0.39, 0.29) is 12.5 Å². The first-order valence-electron chi connectivity index (χ1n) is 4.91. The van der Waals surface area contributed by atoms with Crippen molar-refractivity contribution in [1.82, 2.24) is 4.98 Å². The first kappa shape index (κ1) is 10.9. The first-order valence-corrected chi connectivity index (χ1v) is 5.29. The van der Waals surface area contributed by atoms with Crippen molar-refractivity contribution in [3.05, 3.63) is 23.5 Å². The van der Waals surface area contributed by atoms with Crippen LogP contribution in [0.5, 0.6) is 0 Å². The lowest BCUT2D eigenvalue weighted by Gasteiger charge is -2.33. The Morgan fingerprint density at radius 1 is 1.40 bits per heavy atom. The van der Waals surface area contributed by atoms with Crippen LogP contribution in [0.25, 0.3) is 0 Å². The summed E-state index contributed by atoms with van der Waals surface area (Å²) in [4.78, 5) is 4.01. The van der Waals surface area contributed by atoms with Gasteiger partial charge in [-0.05, 0) is 6.07 Å². The Morgan fingerprint density at radius 2 is 2.07 bits per heavy atom. The molecule has 2 rings (SSSR count). The third kappa shape index (κ3) is 2.51. The van der Waals surface area contributed by atoms with E-state index in [1.54, 1.807) is 18.5 Å². The fourth-order valence-electron chi connectivity index (χ4n) is 1.44. The molecule has 1 fully saturated rings. The quantitative estimate of drug-likeness (QED) is 0.679. The summed E-state index contributed by atoms with van der Waals surface area (Å²) in [6.07, 6.45) is 3.34. The van der Waals surface area contributed by atoms with E-state index in [4.69, 9.17) is 20.9 Å². The maximum atomic E-state index is 6.03. The zero-order chi connectivity index (χ0) is 10.9. The summed E-state index contributed by atoms with van der Waals surface area (Å²) in [5, 5.41) is 0.634. The summed E-state index contributed by atoms with van der Waals surface area (Å²) in [7, 11) is -0.376. The Kier molecular flexibility index (Phi) is 3.00. The molecule has 15 heavy (non-hydrogen) atoms. The lowest BCUT2D eigenvalue weighted by molar-refractivity contribution is 0.0343. The Balaban J connectivity index is 2.11. The minimum atomic E-state index is -0.376. The van der Waals surface area contributed by atoms with Crippen LogP contribution in [-0.4, -0.2) is 25.3 Å². The standard InChI is InChI=1S/C10H13BClNO2/c1-10(2)6-14-11(15-7-10)8-5-13-4-3-9(8)12/h3-5H,6-7H2,1-2H3. The van der Waals surface area contributed by atoms with Crippen LogP contribution in [0.2, 0.25) is 5.02 Å². The molecule has 1 saturated heterocycles. The molecule has 2 heterocycles. The molecule has 0 spiro atoms. The van der Waals surface area contributed by atoms with Gasteiger partial charge in [0.2, 0.25) is 0 Å². The first-order chi connectivity index (χ1) is 7.08. The number of aromatic nitrogens is 1. The van der Waals surface area contributed by atoms with Gasteiger partial charge in [0.25, 0.3) is 0 Å². The largest absolute Gasteiger partial charge is 0.497 e. The van der Waals surface area contributed by atoms with Crippen molar-refractivity contribution in [2.75, 3.05) is 13.2 Å². The van der Waals surface area contributed by atoms with Crippen LogP contribution in [0.4, 0.5) is 0 Å². The predicted molar refractivity (Wildman–Crippen MR) is 60.3 cm³/mol. The molecule has 0 N–H and O–H groups in total. The molecule has 0 atom stereocenters. The molecule has 0 unspecified atom stereocenters. The van der Waals surface area contributed by atoms with Gasteiger partial charge in [-0.25, -0.2) is 0 Å². The van der Waals surface area contributed by atoms with Crippen LogP contribution in [0.1, 0.15) is 13.8 Å². The monoisotopic (exact) mass is 225 g/mol. The van der Waals surface area contributed by atoms with Gasteiger partial charge in [0.15, 0.2) is 0 Å². The van der Waals surface area contributed by atoms with E-state index in [1.165, 1.54) is 0 Å². The van der Waals surface area contributed by atoms with Crippen LogP contribution in [0, 0.1) is 5.41 Å². The van der Waals surface area contributed by atoms with E-state index in [2.05, 4.69) is 18.8 Å². The van der Waals surface area contributed by atoms with Crippen molar-refractivity contribution in [2.45, 2.75) is 13.8 Å². The Bertz CT molecular complexity index is 349. The minimum absolute atomic E-state index is 0.0746. The molecule has 0 saturated carbocycles. The van der Waals surface area contributed by atoms with Crippen LogP contribution >= 0.6 is 11.6 Å². The van der Waals surface area contributed by atoms with E-state index in [0.29, 0.717) is 18.2 Å². The summed E-state index contributed by atoms with van der Waals surface area (Å²) in [6.45, 7) is 5.55. The molecule has 80 valence electrons. The number of pyridine rings is 1. The third-order valence-corrected chi connectivity index (χ3v) is 2.65. The normalized spacial score (nSPS) is 20.3. The van der Waals surface area contributed by atoms with E-state index in [0.717, 1.165) is 5.46 Å². The van der Waals surface area contributed by atoms with Crippen LogP contribution in [0.15, 0.2) is 18.5 Å². The second-order valence-electron chi connectivity index (χ2n) is 4.52. The summed E-state index contributed by atoms with van der Waals surface area (Å²) in [6, 6.07) is 1.74. The zero-order valence-electron chi connectivity index (χ0n) is 8.87. The van der Waals surface area contributed by atoms with Gasteiger partial charge in [-0.2, -0.15) is 0 Å². The molecule has 1 aliphatic heterocycles. The van der Waals surface area contributed by atoms with Crippen molar-refractivity contribution < 1.29 is 9.31 Å². The molecular weight excluding hydrogens is 212 g/mol. The second-order valence-corrected chi connectivity index (χ2v) is 4.92. The van der Waals surface area contributed by atoms with Crippen molar-refractivity contribution in [3.63, 3.8) is 0 Å². The molecular formula is C10H13BClNO2. The second kappa shape index (κ2) is 4.12. The maximum Gasteiger partial charge on any atom is 0.497 e. The van der Waals surface area contributed by atoms with E-state index < -0.39 is 0 Å². The van der Waals surface area contributed by atoms with Crippen molar-refractivity contribution >= 4 is 24.2 Å². The van der Waals surface area contributed by atoms with Gasteiger partial charge in [-0.1, -0.05) is 25.4 Å². The fourth-order valence-corrected chi connectivity index (χ4v) is 1.63. The highest BCUT2D eigenvalue weighted by molar-refractivity contribution is 6.65. The highest BCUT2D eigenvalue weighted by Gasteiger charge is 2.34. The summed E-state index contributed by atoms with van der Waals surface area (Å²) < 4.78 is 11.2. The number of halogens is 1. The Hall–Kier alpha value is -0.575. The maximum absolute atomic E-state index is 6.03. The van der Waals surface area contributed by atoms with E-state index >= 15 is 0 Å². The average Bonchev–Trinajstić information content (AvgIpc) is 2.19. The van der Waals surface area contributed by atoms with Crippen molar-refractivity contribution in [2.24, 2.45) is 5.41 Å². The summed E-state index contributed by atoms with van der Waals surface area (Å²) in [5.74, 6) is 0. The lowest BCUT2D eigenvalue weighted by atomic mass is 9.77. The number of hydrogen-bond acceptors (Lipinski definition) is 3. The molecule has 1 aliphatic rings. The van der Waals surface area contributed by atoms with Gasteiger partial charge >= 0.3 is 7.12 Å². The third-order valence-electron chi connectivity index (χ3n) is 2.30. The highest BCUT2D eigenvalue weighted by atomic mass is 35.5. The SMILES string of the molecule is CC1(C)COB(c2cnccc2Cl)OC1. The lowest BCUT2D eigenvalue weighted by Crippen LogP contribution is -2.47. The Labute approximate surface area is 94.9 Å². The minimum Gasteiger partial charge on any atom is -0.407 e. The van der Waals surface area contributed by atoms with Crippen molar-refractivity contribution in [3.8, 4) is 0 Å². The van der Waals surface area contributed by atoms with E-state index in [1.807, 2.05) is 0 Å². The smallest absolute Gasteiger partial charge is 0.407 e. The molecule has 3 nitrogen and oxygen atoms in total. The number of hydrogen-bond donors (Lipinski definition) is 0. The molecule has 5 heteroatoms. The van der Waals surface area contributed by atoms with Crippen LogP contribution in [-0.2, 0) is 9.31 Å². The fraction of sp³-hybridized carbons (Fsp3) is 0.500. The molecule has 1 aromatic heterocycles. The molecule has 0 bridgehead atoms. The zero-order valence-corrected chi connectivity index (χ0v) is 9.62. The molecule has 0 aromatic carbocycles. The Morgan fingerprint density at radius 3 is 2.67 bits per heavy atom. The van der Waals surface area contributed by atoms with Gasteiger partial charge < -0.3 is 9.31 Å². The van der Waals surface area contributed by atoms with Gasteiger partial charge in [0, 0.05) is 41.5 Å². The molecule has 0 amide bonds. The highest BCUT2D eigenvalue weighted by Crippen LogP contribution is 2.22. The van der Waals surface area contributed by atoms with E-state index in [9.17, 15) is 0 Å². The van der Waals surface area contributed by atoms with Gasteiger partial charge in [-0.3, -0.25) is 4.98 Å². The topological polar surface area (TPSA) is 31.4 Å². The summed E-state index contributed by atoms with van der Waals surface area (Å²) >= 11 is 6.03. The average molecular weight is 225 g/mol. The predicted octanol–water partition coefficient (Wildman–Crippen LogP) is 1.50. The molecule has 0 radical (unpaired) electrons.